The number of carbonyl (C=O) groups is 1. The SMILES string of the molecule is O=C(CNc1ccc([N+](=O)[O-])cn1)NCc1ccco1. The van der Waals surface area contributed by atoms with Gasteiger partial charge in [-0.25, -0.2) is 4.98 Å². The van der Waals surface area contributed by atoms with E-state index < -0.39 is 4.92 Å². The number of nitrogens with zero attached hydrogens (tertiary/aromatic N) is 2. The van der Waals surface area contributed by atoms with Gasteiger partial charge < -0.3 is 15.1 Å². The van der Waals surface area contributed by atoms with Crippen LogP contribution < -0.4 is 10.6 Å². The van der Waals surface area contributed by atoms with Crippen molar-refractivity contribution >= 4 is 17.4 Å². The van der Waals surface area contributed by atoms with Gasteiger partial charge in [0, 0.05) is 6.07 Å². The van der Waals surface area contributed by atoms with Crippen molar-refractivity contribution in [3.8, 4) is 0 Å². The largest absolute Gasteiger partial charge is 0.467 e. The minimum absolute atomic E-state index is 0.0194. The minimum Gasteiger partial charge on any atom is -0.467 e. The maximum atomic E-state index is 11.5. The predicted molar refractivity (Wildman–Crippen MR) is 69.9 cm³/mol. The van der Waals surface area contributed by atoms with E-state index in [2.05, 4.69) is 15.6 Å². The molecule has 0 aliphatic heterocycles. The van der Waals surface area contributed by atoms with Crippen molar-refractivity contribution in [2.24, 2.45) is 0 Å². The van der Waals surface area contributed by atoms with E-state index in [4.69, 9.17) is 4.42 Å². The lowest BCUT2D eigenvalue weighted by Crippen LogP contribution is -2.29. The van der Waals surface area contributed by atoms with E-state index in [9.17, 15) is 14.9 Å². The summed E-state index contributed by atoms with van der Waals surface area (Å²) < 4.78 is 5.07. The molecule has 2 rings (SSSR count). The minimum atomic E-state index is -0.535. The molecule has 0 radical (unpaired) electrons. The number of amides is 1. The molecule has 2 N–H and O–H groups in total. The monoisotopic (exact) mass is 276 g/mol. The molecule has 0 fully saturated rings. The smallest absolute Gasteiger partial charge is 0.287 e. The molecule has 2 aromatic rings. The summed E-state index contributed by atoms with van der Waals surface area (Å²) in [7, 11) is 0. The molecule has 2 aromatic heterocycles. The summed E-state index contributed by atoms with van der Waals surface area (Å²) in [6.07, 6.45) is 2.66. The maximum Gasteiger partial charge on any atom is 0.287 e. The second-order valence-electron chi connectivity index (χ2n) is 3.87. The number of carbonyl (C=O) groups excluding carboxylic acids is 1. The summed E-state index contributed by atoms with van der Waals surface area (Å²) in [6.45, 7) is 0.326. The van der Waals surface area contributed by atoms with Crippen LogP contribution in [0.25, 0.3) is 0 Å². The lowest BCUT2D eigenvalue weighted by Gasteiger charge is -2.05. The average Bonchev–Trinajstić information content (AvgIpc) is 2.96. The number of rotatable bonds is 6. The topological polar surface area (TPSA) is 110 Å². The van der Waals surface area contributed by atoms with Gasteiger partial charge in [-0.3, -0.25) is 14.9 Å². The number of furan rings is 1. The van der Waals surface area contributed by atoms with Crippen LogP contribution in [0.2, 0.25) is 0 Å². The molecule has 0 unspecified atom stereocenters. The van der Waals surface area contributed by atoms with Crippen LogP contribution in [0.4, 0.5) is 11.5 Å². The number of anilines is 1. The predicted octanol–water partition coefficient (Wildman–Crippen LogP) is 1.31. The molecule has 0 aliphatic rings. The highest BCUT2D eigenvalue weighted by Crippen LogP contribution is 2.11. The van der Waals surface area contributed by atoms with Crippen LogP contribution in [-0.4, -0.2) is 22.4 Å². The number of nitro groups is 1. The van der Waals surface area contributed by atoms with Crippen molar-refractivity contribution in [3.63, 3.8) is 0 Å². The summed E-state index contributed by atoms with van der Waals surface area (Å²) in [4.78, 5) is 25.3. The first-order valence-corrected chi connectivity index (χ1v) is 5.78. The molecule has 1 amide bonds. The molecular formula is C12H12N4O4. The lowest BCUT2D eigenvalue weighted by molar-refractivity contribution is -0.385. The highest BCUT2D eigenvalue weighted by atomic mass is 16.6. The van der Waals surface area contributed by atoms with Crippen LogP contribution >= 0.6 is 0 Å². The van der Waals surface area contributed by atoms with Crippen molar-refractivity contribution in [2.75, 3.05) is 11.9 Å². The molecule has 20 heavy (non-hydrogen) atoms. The van der Waals surface area contributed by atoms with Gasteiger partial charge >= 0.3 is 0 Å². The van der Waals surface area contributed by atoms with Crippen LogP contribution in [-0.2, 0) is 11.3 Å². The van der Waals surface area contributed by atoms with Crippen LogP contribution in [0, 0.1) is 10.1 Å². The van der Waals surface area contributed by atoms with E-state index in [1.807, 2.05) is 0 Å². The maximum absolute atomic E-state index is 11.5. The number of hydrogen-bond donors (Lipinski definition) is 2. The second-order valence-corrected chi connectivity index (χ2v) is 3.87. The van der Waals surface area contributed by atoms with Gasteiger partial charge in [0.15, 0.2) is 0 Å². The summed E-state index contributed by atoms with van der Waals surface area (Å²) in [5.41, 5.74) is -0.0992. The Kier molecular flexibility index (Phi) is 4.28. The highest BCUT2D eigenvalue weighted by molar-refractivity contribution is 5.80. The van der Waals surface area contributed by atoms with E-state index in [1.54, 1.807) is 12.1 Å². The molecule has 0 aromatic carbocycles. The van der Waals surface area contributed by atoms with Crippen LogP contribution in [0.1, 0.15) is 5.76 Å². The fraction of sp³-hybridized carbons (Fsp3) is 0.167. The molecule has 0 aliphatic carbocycles. The first-order chi connectivity index (χ1) is 9.65. The van der Waals surface area contributed by atoms with Gasteiger partial charge in [-0.05, 0) is 18.2 Å². The second kappa shape index (κ2) is 6.32. The molecule has 0 bridgehead atoms. The molecule has 0 spiro atoms. The Bertz CT molecular complexity index is 580. The first kappa shape index (κ1) is 13.5. The van der Waals surface area contributed by atoms with E-state index in [0.717, 1.165) is 6.20 Å². The Balaban J connectivity index is 1.76. The normalized spacial score (nSPS) is 10.0. The summed E-state index contributed by atoms with van der Waals surface area (Å²) >= 11 is 0. The summed E-state index contributed by atoms with van der Waals surface area (Å²) in [5, 5.41) is 15.9. The summed E-state index contributed by atoms with van der Waals surface area (Å²) in [6, 6.07) is 6.25. The lowest BCUT2D eigenvalue weighted by atomic mass is 10.4. The van der Waals surface area contributed by atoms with E-state index in [0.29, 0.717) is 18.1 Å². The highest BCUT2D eigenvalue weighted by Gasteiger charge is 2.06. The zero-order chi connectivity index (χ0) is 14.4. The van der Waals surface area contributed by atoms with E-state index in [1.165, 1.54) is 18.4 Å². The molecule has 0 saturated carbocycles. The van der Waals surface area contributed by atoms with Gasteiger partial charge in [0.2, 0.25) is 5.91 Å². The van der Waals surface area contributed by atoms with Gasteiger partial charge in [-0.2, -0.15) is 0 Å². The van der Waals surface area contributed by atoms with Crippen LogP contribution in [0.3, 0.4) is 0 Å². The molecule has 0 saturated heterocycles. The fourth-order valence-corrected chi connectivity index (χ4v) is 1.43. The molecule has 0 atom stereocenters. The Labute approximate surface area is 114 Å². The van der Waals surface area contributed by atoms with Crippen molar-refractivity contribution in [3.05, 3.63) is 52.6 Å². The Hall–Kier alpha value is -2.90. The number of aromatic nitrogens is 1. The Morgan fingerprint density at radius 3 is 2.85 bits per heavy atom. The van der Waals surface area contributed by atoms with Crippen molar-refractivity contribution in [1.82, 2.24) is 10.3 Å². The molecule has 104 valence electrons. The first-order valence-electron chi connectivity index (χ1n) is 5.78. The van der Waals surface area contributed by atoms with Crippen LogP contribution in [0.15, 0.2) is 41.1 Å². The van der Waals surface area contributed by atoms with Crippen molar-refractivity contribution < 1.29 is 14.1 Å². The molecule has 8 nitrogen and oxygen atoms in total. The molecule has 2 heterocycles. The van der Waals surface area contributed by atoms with Crippen molar-refractivity contribution in [1.29, 1.82) is 0 Å². The van der Waals surface area contributed by atoms with Gasteiger partial charge in [0.1, 0.15) is 17.8 Å². The average molecular weight is 276 g/mol. The molecule has 8 heteroatoms. The van der Waals surface area contributed by atoms with Gasteiger partial charge in [-0.1, -0.05) is 0 Å². The summed E-state index contributed by atoms with van der Waals surface area (Å²) in [5.74, 6) is 0.817. The standard InChI is InChI=1S/C12H12N4O4/c17-12(15-7-10-2-1-5-20-10)8-14-11-4-3-9(6-13-11)16(18)19/h1-6H,7-8H2,(H,13,14)(H,15,17). The van der Waals surface area contributed by atoms with Gasteiger partial charge in [-0.15, -0.1) is 0 Å². The fourth-order valence-electron chi connectivity index (χ4n) is 1.43. The zero-order valence-electron chi connectivity index (χ0n) is 10.4. The third-order valence-corrected chi connectivity index (χ3v) is 2.43. The quantitative estimate of drug-likeness (QED) is 0.608. The Morgan fingerprint density at radius 2 is 2.25 bits per heavy atom. The zero-order valence-corrected chi connectivity index (χ0v) is 10.4. The Morgan fingerprint density at radius 1 is 1.40 bits per heavy atom. The molecular weight excluding hydrogens is 264 g/mol. The number of pyridine rings is 1. The third kappa shape index (κ3) is 3.80. The van der Waals surface area contributed by atoms with Crippen molar-refractivity contribution in [2.45, 2.75) is 6.54 Å². The number of nitrogens with one attached hydrogen (secondary N) is 2. The number of hydrogen-bond acceptors (Lipinski definition) is 6. The third-order valence-electron chi connectivity index (χ3n) is 2.43. The van der Waals surface area contributed by atoms with Gasteiger partial charge in [0.25, 0.3) is 5.69 Å². The van der Waals surface area contributed by atoms with E-state index >= 15 is 0 Å². The van der Waals surface area contributed by atoms with E-state index in [-0.39, 0.29) is 18.1 Å². The van der Waals surface area contributed by atoms with Gasteiger partial charge in [0.05, 0.1) is 24.3 Å². The van der Waals surface area contributed by atoms with Crippen LogP contribution in [0.5, 0.6) is 0 Å².